The van der Waals surface area contributed by atoms with Crippen molar-refractivity contribution < 1.29 is 9.69 Å². The van der Waals surface area contributed by atoms with E-state index in [2.05, 4.69) is 11.4 Å². The fourth-order valence-electron chi connectivity index (χ4n) is 6.21. The largest absolute Gasteiger partial charge is 0.334 e. The van der Waals surface area contributed by atoms with Crippen LogP contribution in [0.3, 0.4) is 0 Å². The summed E-state index contributed by atoms with van der Waals surface area (Å²) in [7, 11) is 0. The first-order valence-electron chi connectivity index (χ1n) is 12.1. The number of carbonyl (C=O) groups is 1. The molecule has 1 aromatic carbocycles. The van der Waals surface area contributed by atoms with Gasteiger partial charge in [-0.15, -0.1) is 0 Å². The molecule has 3 aliphatic rings. The van der Waals surface area contributed by atoms with Gasteiger partial charge < -0.3 is 14.8 Å². The molecule has 5 rings (SSSR count). The second kappa shape index (κ2) is 8.99. The van der Waals surface area contributed by atoms with Crippen molar-refractivity contribution in [1.82, 2.24) is 4.57 Å². The van der Waals surface area contributed by atoms with Crippen LogP contribution in [0.1, 0.15) is 55.7 Å². The maximum Gasteiger partial charge on any atom is 0.274 e. The highest BCUT2D eigenvalue weighted by Gasteiger charge is 2.38. The summed E-state index contributed by atoms with van der Waals surface area (Å²) in [6, 6.07) is 13.6. The quantitative estimate of drug-likeness (QED) is 0.781. The molecule has 1 unspecified atom stereocenters. The van der Waals surface area contributed by atoms with Crippen molar-refractivity contribution >= 4 is 11.6 Å². The van der Waals surface area contributed by atoms with Crippen LogP contribution in [0.5, 0.6) is 0 Å². The van der Waals surface area contributed by atoms with Crippen molar-refractivity contribution in [2.24, 2.45) is 11.8 Å². The number of pyridine rings is 1. The summed E-state index contributed by atoms with van der Waals surface area (Å²) in [5.74, 6) is 1.79. The van der Waals surface area contributed by atoms with Crippen molar-refractivity contribution in [2.75, 3.05) is 25.0 Å². The van der Waals surface area contributed by atoms with Crippen LogP contribution in [-0.4, -0.2) is 30.1 Å². The number of anilines is 1. The summed E-state index contributed by atoms with van der Waals surface area (Å²) in [6.07, 6.45) is 8.52. The van der Waals surface area contributed by atoms with Crippen LogP contribution in [0.2, 0.25) is 0 Å². The molecule has 2 bridgehead atoms. The van der Waals surface area contributed by atoms with Crippen LogP contribution in [0.4, 0.5) is 5.69 Å². The Hall–Kier alpha value is -2.40. The maximum absolute atomic E-state index is 13.2. The van der Waals surface area contributed by atoms with Gasteiger partial charge in [0.15, 0.2) is 0 Å². The van der Waals surface area contributed by atoms with Gasteiger partial charge in [0.05, 0.1) is 26.1 Å². The highest BCUT2D eigenvalue weighted by molar-refractivity contribution is 5.92. The van der Waals surface area contributed by atoms with Gasteiger partial charge in [0, 0.05) is 30.0 Å². The lowest BCUT2D eigenvalue weighted by Crippen LogP contribution is -3.15. The lowest BCUT2D eigenvalue weighted by molar-refractivity contribution is -0.914. The third kappa shape index (κ3) is 4.62. The van der Waals surface area contributed by atoms with Crippen LogP contribution in [0, 0.1) is 11.8 Å². The molecule has 1 aliphatic carbocycles. The molecule has 1 saturated heterocycles. The molecule has 5 heteroatoms. The van der Waals surface area contributed by atoms with E-state index in [-0.39, 0.29) is 17.9 Å². The molecule has 2 N–H and O–H groups in total. The summed E-state index contributed by atoms with van der Waals surface area (Å²) < 4.78 is 1.95. The number of hydrogen-bond acceptors (Lipinski definition) is 2. The third-order valence-electron chi connectivity index (χ3n) is 7.58. The number of aromatic nitrogens is 1. The zero-order valence-electron chi connectivity index (χ0n) is 18.3. The second-order valence-corrected chi connectivity index (χ2v) is 9.96. The number of fused-ring (bicyclic) bond motifs is 4. The van der Waals surface area contributed by atoms with Gasteiger partial charge in [-0.2, -0.15) is 0 Å². The molecular formula is C26H34N3O2+. The molecule has 1 saturated carbocycles. The fourth-order valence-corrected chi connectivity index (χ4v) is 6.21. The van der Waals surface area contributed by atoms with Gasteiger partial charge in [0.25, 0.3) is 5.56 Å². The fraction of sp³-hybridized carbons (Fsp3) is 0.538. The highest BCUT2D eigenvalue weighted by Crippen LogP contribution is 2.31. The van der Waals surface area contributed by atoms with Crippen LogP contribution in [-0.2, 0) is 17.8 Å². The van der Waals surface area contributed by atoms with E-state index in [0.717, 1.165) is 24.6 Å². The van der Waals surface area contributed by atoms with Crippen LogP contribution < -0.4 is 15.8 Å². The minimum Gasteiger partial charge on any atom is -0.334 e. The van der Waals surface area contributed by atoms with E-state index < -0.39 is 0 Å². The van der Waals surface area contributed by atoms with E-state index >= 15 is 0 Å². The Labute approximate surface area is 184 Å². The Balaban J connectivity index is 1.28. The molecule has 3 atom stereocenters. The molecule has 164 valence electrons. The molecule has 0 radical (unpaired) electrons. The van der Waals surface area contributed by atoms with Gasteiger partial charge in [0.1, 0.15) is 5.69 Å². The van der Waals surface area contributed by atoms with Gasteiger partial charge >= 0.3 is 0 Å². The normalized spacial score (nSPS) is 25.6. The highest BCUT2D eigenvalue weighted by atomic mass is 16.2. The van der Waals surface area contributed by atoms with Gasteiger partial charge in [-0.1, -0.05) is 49.6 Å². The second-order valence-electron chi connectivity index (χ2n) is 9.96. The smallest absolute Gasteiger partial charge is 0.274 e. The topological polar surface area (TPSA) is 55.5 Å². The molecule has 5 nitrogen and oxygen atoms in total. The van der Waals surface area contributed by atoms with Crippen molar-refractivity contribution in [1.29, 1.82) is 0 Å². The number of quaternary nitrogens is 1. The predicted molar refractivity (Wildman–Crippen MR) is 122 cm³/mol. The first-order valence-corrected chi connectivity index (χ1v) is 12.1. The number of hydrogen-bond donors (Lipinski definition) is 2. The molecule has 0 spiro atoms. The molecule has 31 heavy (non-hydrogen) atoms. The minimum atomic E-state index is -0.136. The van der Waals surface area contributed by atoms with E-state index in [1.165, 1.54) is 57.3 Å². The molecule has 2 aromatic rings. The van der Waals surface area contributed by atoms with E-state index in [4.69, 9.17) is 0 Å². The Morgan fingerprint density at radius 3 is 2.65 bits per heavy atom. The number of nitrogens with zero attached hydrogens (tertiary/aromatic N) is 1. The van der Waals surface area contributed by atoms with Crippen LogP contribution in [0.25, 0.3) is 0 Å². The zero-order chi connectivity index (χ0) is 21.2. The van der Waals surface area contributed by atoms with Gasteiger partial charge in [-0.25, -0.2) is 0 Å². The predicted octanol–water partition coefficient (Wildman–Crippen LogP) is 2.61. The number of nitrogens with one attached hydrogen (secondary N) is 2. The third-order valence-corrected chi connectivity index (χ3v) is 7.58. The van der Waals surface area contributed by atoms with Crippen molar-refractivity contribution in [3.8, 4) is 0 Å². The first kappa shape index (κ1) is 20.5. The lowest BCUT2D eigenvalue weighted by Gasteiger charge is -2.41. The van der Waals surface area contributed by atoms with E-state index in [1.807, 2.05) is 41.0 Å². The zero-order valence-corrected chi connectivity index (χ0v) is 18.3. The first-order chi connectivity index (χ1) is 15.2. The van der Waals surface area contributed by atoms with Gasteiger partial charge in [0.2, 0.25) is 5.91 Å². The molecule has 1 aromatic heterocycles. The van der Waals surface area contributed by atoms with Gasteiger partial charge in [-0.3, -0.25) is 9.59 Å². The summed E-state index contributed by atoms with van der Waals surface area (Å²) in [5, 5.41) is 2.86. The van der Waals surface area contributed by atoms with Crippen LogP contribution in [0.15, 0.2) is 47.3 Å². The number of benzene rings is 1. The Bertz CT molecular complexity index is 978. The molecular weight excluding hydrogens is 386 g/mol. The molecule has 1 amide bonds. The Morgan fingerprint density at radius 1 is 1.03 bits per heavy atom. The number of rotatable bonds is 5. The summed E-state index contributed by atoms with van der Waals surface area (Å²) in [6.45, 7) is 4.43. The average molecular weight is 421 g/mol. The van der Waals surface area contributed by atoms with Crippen molar-refractivity contribution in [3.05, 3.63) is 64.1 Å². The van der Waals surface area contributed by atoms with Crippen molar-refractivity contribution in [2.45, 2.75) is 57.4 Å². The summed E-state index contributed by atoms with van der Waals surface area (Å²) in [5.41, 5.74) is 2.50. The SMILES string of the molecule is O=C(Cc1ccccc1)Nc1ccc2n(c1=O)C[C@H]1C[C@@H]2C[NH+](CC2CCCCC2)C1. The number of carbonyl (C=O) groups excluding carboxylic acids is 1. The van der Waals surface area contributed by atoms with Crippen molar-refractivity contribution in [3.63, 3.8) is 0 Å². The molecule has 2 aliphatic heterocycles. The summed E-state index contributed by atoms with van der Waals surface area (Å²) >= 11 is 0. The van der Waals surface area contributed by atoms with E-state index in [0.29, 0.717) is 17.5 Å². The molecule has 2 fully saturated rings. The maximum atomic E-state index is 13.2. The average Bonchev–Trinajstić information content (AvgIpc) is 2.77. The lowest BCUT2D eigenvalue weighted by atomic mass is 9.81. The monoisotopic (exact) mass is 420 g/mol. The number of likely N-dealkylation sites (tertiary alicyclic amines) is 1. The Kier molecular flexibility index (Phi) is 5.95. The van der Waals surface area contributed by atoms with E-state index in [1.54, 1.807) is 4.90 Å². The number of amides is 1. The van der Waals surface area contributed by atoms with Gasteiger partial charge in [-0.05, 0) is 37.0 Å². The Morgan fingerprint density at radius 2 is 1.84 bits per heavy atom. The summed E-state index contributed by atoms with van der Waals surface area (Å²) in [4.78, 5) is 27.4. The minimum absolute atomic E-state index is 0.0376. The van der Waals surface area contributed by atoms with E-state index in [9.17, 15) is 9.59 Å². The molecule has 3 heterocycles. The number of piperidine rings is 1. The van der Waals surface area contributed by atoms with Crippen LogP contribution >= 0.6 is 0 Å². The standard InChI is InChI=1S/C26H33N3O2/c30-25(14-19-7-3-1-4-8-19)27-23-11-12-24-22-13-21(17-29(24)26(23)31)16-28(18-22)15-20-9-5-2-6-10-20/h1,3-4,7-8,11-12,20-22H,2,5-6,9-10,13-18H2,(H,27,30)/p+1/t21-,22+/m0/s1.